The van der Waals surface area contributed by atoms with Crippen molar-refractivity contribution in [3.63, 3.8) is 0 Å². The Hall–Kier alpha value is -0.0800. The molecule has 2 N–H and O–H groups in total. The van der Waals surface area contributed by atoms with Crippen LogP contribution in [0.3, 0.4) is 0 Å². The number of rotatable bonds is 3. The predicted octanol–water partition coefficient (Wildman–Crippen LogP) is 0.616. The zero-order chi connectivity index (χ0) is 6.57. The van der Waals surface area contributed by atoms with E-state index in [0.29, 0.717) is 5.92 Å². The molecule has 0 unspecified atom stereocenters. The first kappa shape index (κ1) is 7.92. The summed E-state index contributed by atoms with van der Waals surface area (Å²) >= 11 is 0. The molecule has 2 heteroatoms. The maximum absolute atomic E-state index is 5.54. The predicted molar refractivity (Wildman–Crippen MR) is 34.7 cm³/mol. The van der Waals surface area contributed by atoms with Crippen LogP contribution in [-0.4, -0.2) is 19.8 Å². The van der Waals surface area contributed by atoms with Gasteiger partial charge in [0, 0.05) is 13.2 Å². The SMILES string of the molecule is COC[C@@H](C)[C@H](C)N. The molecule has 0 aromatic rings. The van der Waals surface area contributed by atoms with Gasteiger partial charge in [0.2, 0.25) is 0 Å². The number of hydrogen-bond acceptors (Lipinski definition) is 2. The van der Waals surface area contributed by atoms with E-state index in [9.17, 15) is 0 Å². The molecule has 0 rings (SSSR count). The maximum Gasteiger partial charge on any atom is 0.0502 e. The Morgan fingerprint density at radius 3 is 2.12 bits per heavy atom. The third kappa shape index (κ3) is 2.99. The Balaban J connectivity index is 3.17. The topological polar surface area (TPSA) is 35.2 Å². The lowest BCUT2D eigenvalue weighted by atomic mass is 10.1. The standard InChI is InChI=1S/C6H15NO/c1-5(4-8-3)6(2)7/h5-6H,4,7H2,1-3H3/t5-,6+/m1/s1. The highest BCUT2D eigenvalue weighted by Crippen LogP contribution is 1.97. The molecule has 0 aliphatic rings. The van der Waals surface area contributed by atoms with Gasteiger partial charge < -0.3 is 10.5 Å². The molecule has 50 valence electrons. The normalized spacial score (nSPS) is 18.0. The van der Waals surface area contributed by atoms with Crippen molar-refractivity contribution in [2.75, 3.05) is 13.7 Å². The first-order valence-corrected chi connectivity index (χ1v) is 2.93. The van der Waals surface area contributed by atoms with Crippen molar-refractivity contribution in [3.8, 4) is 0 Å². The van der Waals surface area contributed by atoms with Crippen LogP contribution in [0.15, 0.2) is 0 Å². The molecule has 0 saturated carbocycles. The zero-order valence-corrected chi connectivity index (χ0v) is 5.85. The van der Waals surface area contributed by atoms with Crippen molar-refractivity contribution in [1.82, 2.24) is 0 Å². The summed E-state index contributed by atoms with van der Waals surface area (Å²) in [5.74, 6) is 0.472. The first-order valence-electron chi connectivity index (χ1n) is 2.93. The van der Waals surface area contributed by atoms with Gasteiger partial charge in [0.15, 0.2) is 0 Å². The summed E-state index contributed by atoms with van der Waals surface area (Å²) in [6, 6.07) is 0.245. The minimum absolute atomic E-state index is 0.245. The molecule has 0 amide bonds. The zero-order valence-electron chi connectivity index (χ0n) is 5.85. The van der Waals surface area contributed by atoms with E-state index >= 15 is 0 Å². The number of methoxy groups -OCH3 is 1. The third-order valence-corrected chi connectivity index (χ3v) is 1.33. The third-order valence-electron chi connectivity index (χ3n) is 1.33. The summed E-state index contributed by atoms with van der Waals surface area (Å²) < 4.78 is 4.88. The van der Waals surface area contributed by atoms with E-state index in [1.165, 1.54) is 0 Å². The fourth-order valence-corrected chi connectivity index (χ4v) is 0.415. The Kier molecular flexibility index (Phi) is 3.83. The second kappa shape index (κ2) is 3.87. The van der Waals surface area contributed by atoms with Crippen molar-refractivity contribution in [3.05, 3.63) is 0 Å². The van der Waals surface area contributed by atoms with Crippen LogP contribution in [0.25, 0.3) is 0 Å². The van der Waals surface area contributed by atoms with Crippen LogP contribution in [-0.2, 0) is 4.74 Å². The molecule has 0 aromatic heterocycles. The van der Waals surface area contributed by atoms with E-state index in [1.807, 2.05) is 6.92 Å². The summed E-state index contributed by atoms with van der Waals surface area (Å²) in [6.45, 7) is 4.83. The minimum atomic E-state index is 0.245. The van der Waals surface area contributed by atoms with Crippen molar-refractivity contribution in [2.45, 2.75) is 19.9 Å². The van der Waals surface area contributed by atoms with Gasteiger partial charge in [0.05, 0.1) is 6.61 Å². The van der Waals surface area contributed by atoms with E-state index in [4.69, 9.17) is 10.5 Å². The number of ether oxygens (including phenoxy) is 1. The fourth-order valence-electron chi connectivity index (χ4n) is 0.415. The van der Waals surface area contributed by atoms with E-state index in [2.05, 4.69) is 6.92 Å². The van der Waals surface area contributed by atoms with Crippen molar-refractivity contribution in [2.24, 2.45) is 11.7 Å². The van der Waals surface area contributed by atoms with Crippen LogP contribution in [0.4, 0.5) is 0 Å². The molecular weight excluding hydrogens is 102 g/mol. The molecule has 2 atom stereocenters. The van der Waals surface area contributed by atoms with Gasteiger partial charge in [-0.3, -0.25) is 0 Å². The molecule has 0 fully saturated rings. The van der Waals surface area contributed by atoms with Gasteiger partial charge in [-0.15, -0.1) is 0 Å². The van der Waals surface area contributed by atoms with Crippen LogP contribution in [0.1, 0.15) is 13.8 Å². The van der Waals surface area contributed by atoms with Crippen LogP contribution in [0.5, 0.6) is 0 Å². The van der Waals surface area contributed by atoms with E-state index in [1.54, 1.807) is 7.11 Å². The Bertz CT molecular complexity index is 54.5. The molecule has 2 nitrogen and oxygen atoms in total. The van der Waals surface area contributed by atoms with E-state index in [-0.39, 0.29) is 6.04 Å². The number of hydrogen-bond donors (Lipinski definition) is 1. The maximum atomic E-state index is 5.54. The molecular formula is C6H15NO. The van der Waals surface area contributed by atoms with Crippen LogP contribution in [0, 0.1) is 5.92 Å². The Labute approximate surface area is 51.0 Å². The lowest BCUT2D eigenvalue weighted by Gasteiger charge is -2.12. The smallest absolute Gasteiger partial charge is 0.0502 e. The largest absolute Gasteiger partial charge is 0.384 e. The van der Waals surface area contributed by atoms with Crippen LogP contribution >= 0.6 is 0 Å². The first-order chi connectivity index (χ1) is 3.68. The molecule has 0 aliphatic carbocycles. The fraction of sp³-hybridized carbons (Fsp3) is 1.00. The second-order valence-corrected chi connectivity index (χ2v) is 2.29. The Morgan fingerprint density at radius 1 is 1.50 bits per heavy atom. The summed E-state index contributed by atoms with van der Waals surface area (Å²) in [5, 5.41) is 0. The average Bonchev–Trinajstić information content (AvgIpc) is 1.67. The van der Waals surface area contributed by atoms with Gasteiger partial charge in [-0.25, -0.2) is 0 Å². The summed E-state index contributed by atoms with van der Waals surface area (Å²) in [4.78, 5) is 0. The van der Waals surface area contributed by atoms with Gasteiger partial charge in [0.1, 0.15) is 0 Å². The molecule has 0 saturated heterocycles. The molecule has 0 aliphatic heterocycles. The Morgan fingerprint density at radius 2 is 2.00 bits per heavy atom. The van der Waals surface area contributed by atoms with Gasteiger partial charge >= 0.3 is 0 Å². The average molecular weight is 117 g/mol. The van der Waals surface area contributed by atoms with Crippen LogP contribution < -0.4 is 5.73 Å². The highest BCUT2D eigenvalue weighted by atomic mass is 16.5. The van der Waals surface area contributed by atoms with Gasteiger partial charge in [0.25, 0.3) is 0 Å². The quantitative estimate of drug-likeness (QED) is 0.588. The highest BCUT2D eigenvalue weighted by molar-refractivity contribution is 4.61. The molecule has 0 bridgehead atoms. The van der Waals surface area contributed by atoms with Crippen molar-refractivity contribution >= 4 is 0 Å². The molecule has 0 heterocycles. The highest BCUT2D eigenvalue weighted by Gasteiger charge is 2.04. The summed E-state index contributed by atoms with van der Waals surface area (Å²) in [7, 11) is 1.69. The van der Waals surface area contributed by atoms with Crippen molar-refractivity contribution < 1.29 is 4.74 Å². The molecule has 0 aromatic carbocycles. The van der Waals surface area contributed by atoms with Crippen molar-refractivity contribution in [1.29, 1.82) is 0 Å². The lowest BCUT2D eigenvalue weighted by molar-refractivity contribution is 0.150. The van der Waals surface area contributed by atoms with Gasteiger partial charge in [-0.2, -0.15) is 0 Å². The molecule has 8 heavy (non-hydrogen) atoms. The summed E-state index contributed by atoms with van der Waals surface area (Å²) in [6.07, 6.45) is 0. The second-order valence-electron chi connectivity index (χ2n) is 2.29. The van der Waals surface area contributed by atoms with Gasteiger partial charge in [-0.1, -0.05) is 6.92 Å². The van der Waals surface area contributed by atoms with E-state index < -0.39 is 0 Å². The molecule has 0 spiro atoms. The number of nitrogens with two attached hydrogens (primary N) is 1. The van der Waals surface area contributed by atoms with Gasteiger partial charge in [-0.05, 0) is 12.8 Å². The molecule has 0 radical (unpaired) electrons. The van der Waals surface area contributed by atoms with Crippen LogP contribution in [0.2, 0.25) is 0 Å². The minimum Gasteiger partial charge on any atom is -0.384 e. The summed E-state index contributed by atoms with van der Waals surface area (Å²) in [5.41, 5.74) is 5.54. The lowest BCUT2D eigenvalue weighted by Crippen LogP contribution is -2.27. The van der Waals surface area contributed by atoms with E-state index in [0.717, 1.165) is 6.61 Å². The monoisotopic (exact) mass is 117 g/mol.